The smallest absolute Gasteiger partial charge is 0.327 e. The van der Waals surface area contributed by atoms with Crippen molar-refractivity contribution in [2.24, 2.45) is 23.2 Å². The van der Waals surface area contributed by atoms with E-state index in [1.54, 1.807) is 24.3 Å². The topological polar surface area (TPSA) is 99.8 Å². The molecule has 3 fully saturated rings. The number of hydrogen-bond donors (Lipinski definition) is 3. The third kappa shape index (κ3) is 4.21. The van der Waals surface area contributed by atoms with Crippen molar-refractivity contribution >= 4 is 22.8 Å². The quantitative estimate of drug-likeness (QED) is 0.403. The molecule has 3 saturated carbocycles. The van der Waals surface area contributed by atoms with Crippen LogP contribution in [0, 0.1) is 23.2 Å². The number of phenolic OH excluding ortho intramolecular Hbond substituents is 1. The van der Waals surface area contributed by atoms with Gasteiger partial charge < -0.3 is 19.9 Å². The molecule has 4 unspecified atom stereocenters. The lowest BCUT2D eigenvalue weighted by atomic mass is 9.44. The predicted molar refractivity (Wildman–Crippen MR) is 118 cm³/mol. The van der Waals surface area contributed by atoms with Gasteiger partial charge in [-0.15, -0.1) is 0 Å². The Morgan fingerprint density at radius 2 is 2.06 bits per heavy atom. The number of allylic oxidation sites excluding steroid dienone is 1. The fourth-order valence-corrected chi connectivity index (χ4v) is 5.70. The second-order valence-electron chi connectivity index (χ2n) is 9.71. The largest absolute Gasteiger partial charge is 0.508 e. The van der Waals surface area contributed by atoms with E-state index in [1.807, 2.05) is 0 Å². The Morgan fingerprint density at radius 1 is 1.26 bits per heavy atom. The molecule has 6 heteroatoms. The minimum atomic E-state index is -0.905. The van der Waals surface area contributed by atoms with Gasteiger partial charge in [-0.05, 0) is 73.5 Å². The maximum Gasteiger partial charge on any atom is 0.327 e. The molecule has 6 nitrogen and oxygen atoms in total. The van der Waals surface area contributed by atoms with Crippen molar-refractivity contribution in [3.05, 3.63) is 42.2 Å². The monoisotopic (exact) mass is 425 g/mol. The number of unbranched alkanes of at least 4 members (excludes halogenated alkanes) is 2. The Balaban J connectivity index is 1.44. The van der Waals surface area contributed by atoms with E-state index in [1.165, 1.54) is 12.3 Å². The predicted octanol–water partition coefficient (Wildman–Crippen LogP) is 5.12. The standard InChI is InChI=1S/C25H31NO5/c1-25(2)16-11-15(7-5-3-4-6-8-22(28)29)23(20(25)12-16)26-24(30)19-14-31-21-10-9-17(27)13-18(19)21/h6,8-10,13-16,20,23,27H,3-5,7,11-12H2,1-2H3,(H,26,30)(H,28,29)/b8-6+. The zero-order chi connectivity index (χ0) is 22.2. The molecule has 3 N–H and O–H groups in total. The molecule has 2 aromatic rings. The molecule has 2 bridgehead atoms. The molecule has 3 aliphatic rings. The number of carbonyl (C=O) groups excluding carboxylic acids is 1. The van der Waals surface area contributed by atoms with Gasteiger partial charge in [0.25, 0.3) is 5.91 Å². The number of rotatable bonds is 8. The van der Waals surface area contributed by atoms with Crippen LogP contribution in [0.2, 0.25) is 0 Å². The average Bonchev–Trinajstić information content (AvgIpc) is 3.13. The number of benzene rings is 1. The molecule has 0 radical (unpaired) electrons. The van der Waals surface area contributed by atoms with Gasteiger partial charge in [-0.1, -0.05) is 26.3 Å². The van der Waals surface area contributed by atoms with Crippen molar-refractivity contribution < 1.29 is 24.2 Å². The molecule has 3 aliphatic carbocycles. The van der Waals surface area contributed by atoms with Crippen molar-refractivity contribution in [1.82, 2.24) is 5.32 Å². The molecule has 1 aromatic carbocycles. The van der Waals surface area contributed by atoms with Crippen LogP contribution in [0.25, 0.3) is 11.0 Å². The molecule has 0 aliphatic heterocycles. The summed E-state index contributed by atoms with van der Waals surface area (Å²) >= 11 is 0. The second kappa shape index (κ2) is 8.40. The molecule has 5 rings (SSSR count). The molecule has 1 heterocycles. The van der Waals surface area contributed by atoms with Crippen LogP contribution in [0.4, 0.5) is 0 Å². The molecular weight excluding hydrogens is 394 g/mol. The van der Waals surface area contributed by atoms with Gasteiger partial charge in [-0.3, -0.25) is 4.79 Å². The molecule has 4 atom stereocenters. The molecular formula is C25H31NO5. The van der Waals surface area contributed by atoms with E-state index >= 15 is 0 Å². The SMILES string of the molecule is CC1(C)C2CC(CCCC/C=C/C(=O)O)C(NC(=O)c3coc4ccc(O)cc34)C1C2. The van der Waals surface area contributed by atoms with Crippen LogP contribution in [-0.4, -0.2) is 28.1 Å². The zero-order valence-electron chi connectivity index (χ0n) is 18.1. The maximum absolute atomic E-state index is 13.2. The number of carboxylic acids is 1. The first-order valence-electron chi connectivity index (χ1n) is 11.2. The second-order valence-corrected chi connectivity index (χ2v) is 9.71. The number of amides is 1. The minimum Gasteiger partial charge on any atom is -0.508 e. The number of nitrogens with one attached hydrogen (secondary N) is 1. The summed E-state index contributed by atoms with van der Waals surface area (Å²) in [5, 5.41) is 22.4. The highest BCUT2D eigenvalue weighted by molar-refractivity contribution is 6.06. The molecule has 31 heavy (non-hydrogen) atoms. The van der Waals surface area contributed by atoms with Crippen LogP contribution in [0.15, 0.2) is 41.0 Å². The summed E-state index contributed by atoms with van der Waals surface area (Å²) in [6, 6.07) is 4.90. The van der Waals surface area contributed by atoms with E-state index in [2.05, 4.69) is 19.2 Å². The highest BCUT2D eigenvalue weighted by Gasteiger charge is 2.57. The van der Waals surface area contributed by atoms with Crippen LogP contribution in [-0.2, 0) is 4.79 Å². The third-order valence-electron chi connectivity index (χ3n) is 7.63. The Bertz CT molecular complexity index is 1000. The van der Waals surface area contributed by atoms with E-state index in [9.17, 15) is 14.7 Å². The van der Waals surface area contributed by atoms with E-state index in [0.29, 0.717) is 34.3 Å². The Hall–Kier alpha value is -2.76. The molecule has 1 aromatic heterocycles. The van der Waals surface area contributed by atoms with Gasteiger partial charge in [0, 0.05) is 17.5 Å². The van der Waals surface area contributed by atoms with Crippen molar-refractivity contribution in [2.45, 2.75) is 58.4 Å². The van der Waals surface area contributed by atoms with Gasteiger partial charge in [-0.2, -0.15) is 0 Å². The highest BCUT2D eigenvalue weighted by atomic mass is 16.4. The first-order valence-corrected chi connectivity index (χ1v) is 11.2. The van der Waals surface area contributed by atoms with Gasteiger partial charge in [-0.25, -0.2) is 4.79 Å². The lowest BCUT2D eigenvalue weighted by molar-refractivity contribution is -0.131. The fourth-order valence-electron chi connectivity index (χ4n) is 5.70. The number of carboxylic acid groups (broad SMARTS) is 1. The Kier molecular flexibility index (Phi) is 5.82. The van der Waals surface area contributed by atoms with Gasteiger partial charge >= 0.3 is 5.97 Å². The number of fused-ring (bicyclic) bond motifs is 3. The Morgan fingerprint density at radius 3 is 2.81 bits per heavy atom. The summed E-state index contributed by atoms with van der Waals surface area (Å²) in [6.07, 6.45) is 10.4. The van der Waals surface area contributed by atoms with Gasteiger partial charge in [0.05, 0.1) is 5.56 Å². The summed E-state index contributed by atoms with van der Waals surface area (Å²) in [5.74, 6) is 0.643. The number of aliphatic carboxylic acids is 1. The van der Waals surface area contributed by atoms with Crippen LogP contribution < -0.4 is 5.32 Å². The number of furan rings is 1. The maximum atomic E-state index is 13.2. The van der Waals surface area contributed by atoms with E-state index in [0.717, 1.165) is 38.5 Å². The van der Waals surface area contributed by atoms with Crippen LogP contribution in [0.5, 0.6) is 5.75 Å². The molecule has 0 spiro atoms. The summed E-state index contributed by atoms with van der Waals surface area (Å²) in [7, 11) is 0. The molecule has 0 saturated heterocycles. The lowest BCUT2D eigenvalue weighted by Crippen LogP contribution is -2.63. The normalized spacial score (nSPS) is 26.6. The van der Waals surface area contributed by atoms with Crippen LogP contribution >= 0.6 is 0 Å². The van der Waals surface area contributed by atoms with Gasteiger partial charge in [0.1, 0.15) is 17.6 Å². The van der Waals surface area contributed by atoms with Crippen LogP contribution in [0.3, 0.4) is 0 Å². The average molecular weight is 426 g/mol. The van der Waals surface area contributed by atoms with Crippen molar-refractivity contribution in [2.75, 3.05) is 0 Å². The first kappa shape index (κ1) is 21.5. The number of phenols is 1. The third-order valence-corrected chi connectivity index (χ3v) is 7.63. The fraction of sp³-hybridized carbons (Fsp3) is 0.520. The van der Waals surface area contributed by atoms with Crippen molar-refractivity contribution in [1.29, 1.82) is 0 Å². The lowest BCUT2D eigenvalue weighted by Gasteiger charge is -2.62. The summed E-state index contributed by atoms with van der Waals surface area (Å²) < 4.78 is 5.52. The summed E-state index contributed by atoms with van der Waals surface area (Å²) in [4.78, 5) is 23.8. The summed E-state index contributed by atoms with van der Waals surface area (Å²) in [5.41, 5.74) is 1.28. The number of hydrogen-bond acceptors (Lipinski definition) is 4. The first-order chi connectivity index (χ1) is 14.8. The van der Waals surface area contributed by atoms with E-state index in [4.69, 9.17) is 9.52 Å². The van der Waals surface area contributed by atoms with E-state index in [-0.39, 0.29) is 23.1 Å². The molecule has 166 valence electrons. The highest BCUT2D eigenvalue weighted by Crippen LogP contribution is 2.61. The summed E-state index contributed by atoms with van der Waals surface area (Å²) in [6.45, 7) is 4.62. The Labute approximate surface area is 182 Å². The number of carbonyl (C=O) groups is 2. The van der Waals surface area contributed by atoms with Crippen molar-refractivity contribution in [3.8, 4) is 5.75 Å². The van der Waals surface area contributed by atoms with Crippen LogP contribution in [0.1, 0.15) is 62.7 Å². The van der Waals surface area contributed by atoms with Crippen molar-refractivity contribution in [3.63, 3.8) is 0 Å². The zero-order valence-corrected chi connectivity index (χ0v) is 18.1. The van der Waals surface area contributed by atoms with Gasteiger partial charge in [0.2, 0.25) is 0 Å². The van der Waals surface area contributed by atoms with E-state index < -0.39 is 5.97 Å². The van der Waals surface area contributed by atoms with Gasteiger partial charge in [0.15, 0.2) is 0 Å². The molecule has 1 amide bonds. The number of aromatic hydroxyl groups is 1. The minimum absolute atomic E-state index is 0.110.